The van der Waals surface area contributed by atoms with Crippen molar-refractivity contribution in [2.24, 2.45) is 17.8 Å². The summed E-state index contributed by atoms with van der Waals surface area (Å²) in [5.74, 6) is 0.524. The van der Waals surface area contributed by atoms with Gasteiger partial charge in [-0.2, -0.15) is 0 Å². The molecule has 0 unspecified atom stereocenters. The fraction of sp³-hybridized carbons (Fsp3) is 0.643. The molecule has 3 N–H and O–H groups in total. The number of morpholine rings is 1. The summed E-state index contributed by atoms with van der Waals surface area (Å²) >= 11 is 0. The van der Waals surface area contributed by atoms with Gasteiger partial charge in [0.2, 0.25) is 0 Å². The Morgan fingerprint density at radius 3 is 2.95 bits per heavy atom. The fourth-order valence-corrected chi connectivity index (χ4v) is 2.23. The zero-order valence-corrected chi connectivity index (χ0v) is 12.2. The van der Waals surface area contributed by atoms with Gasteiger partial charge in [-0.05, 0) is 24.6 Å². The van der Waals surface area contributed by atoms with Crippen molar-refractivity contribution < 1.29 is 4.74 Å². The van der Waals surface area contributed by atoms with E-state index >= 15 is 0 Å². The van der Waals surface area contributed by atoms with Crippen molar-refractivity contribution in [3.05, 3.63) is 24.0 Å². The summed E-state index contributed by atoms with van der Waals surface area (Å²) in [6, 6.07) is 2.05. The Morgan fingerprint density at radius 2 is 2.25 bits per heavy atom. The molecule has 0 aliphatic carbocycles. The van der Waals surface area contributed by atoms with Crippen LogP contribution in [0.25, 0.3) is 0 Å². The summed E-state index contributed by atoms with van der Waals surface area (Å²) in [6.07, 6.45) is 5.13. The van der Waals surface area contributed by atoms with E-state index in [0.717, 1.165) is 45.8 Å². The molecule has 20 heavy (non-hydrogen) atoms. The van der Waals surface area contributed by atoms with Crippen LogP contribution in [0.2, 0.25) is 0 Å². The minimum atomic E-state index is 0.524. The molecule has 0 radical (unpaired) electrons. The number of rotatable bonds is 6. The average Bonchev–Trinajstić information content (AvgIpc) is 2.88. The predicted molar refractivity (Wildman–Crippen MR) is 80.6 cm³/mol. The molecule has 6 heteroatoms. The molecule has 1 fully saturated rings. The molecule has 0 aromatic carbocycles. The molecule has 1 aromatic rings. The molecule has 112 valence electrons. The summed E-state index contributed by atoms with van der Waals surface area (Å²) in [5, 5.41) is 3.16. The van der Waals surface area contributed by atoms with Crippen molar-refractivity contribution in [3.8, 4) is 0 Å². The van der Waals surface area contributed by atoms with Gasteiger partial charge in [0, 0.05) is 39.1 Å². The van der Waals surface area contributed by atoms with Crippen LogP contribution >= 0.6 is 0 Å². The van der Waals surface area contributed by atoms with Gasteiger partial charge in [-0.15, -0.1) is 0 Å². The lowest BCUT2D eigenvalue weighted by Gasteiger charge is -2.26. The Bertz CT molecular complexity index is 423. The molecule has 0 atom stereocenters. The SMILES string of the molecule is Cn1ccc(CN=C(N)NCCCN2CCOCC2)c1. The number of aliphatic imine (C=N–C) groups is 1. The topological polar surface area (TPSA) is 67.8 Å². The maximum atomic E-state index is 5.85. The molecular formula is C14H25N5O. The Morgan fingerprint density at radius 1 is 1.45 bits per heavy atom. The van der Waals surface area contributed by atoms with Crippen molar-refractivity contribution in [1.29, 1.82) is 0 Å². The number of hydrogen-bond donors (Lipinski definition) is 2. The highest BCUT2D eigenvalue weighted by molar-refractivity contribution is 5.77. The molecule has 1 aliphatic rings. The summed E-state index contributed by atoms with van der Waals surface area (Å²) in [7, 11) is 2.00. The van der Waals surface area contributed by atoms with E-state index in [1.807, 2.05) is 17.8 Å². The fourth-order valence-electron chi connectivity index (χ4n) is 2.23. The van der Waals surface area contributed by atoms with Gasteiger partial charge in [-0.25, -0.2) is 4.99 Å². The summed E-state index contributed by atoms with van der Waals surface area (Å²) in [5.41, 5.74) is 7.02. The predicted octanol–water partition coefficient (Wildman–Crippen LogP) is 0.152. The van der Waals surface area contributed by atoms with Gasteiger partial charge in [0.25, 0.3) is 0 Å². The highest BCUT2D eigenvalue weighted by Crippen LogP contribution is 2.01. The molecule has 0 spiro atoms. The lowest BCUT2D eigenvalue weighted by atomic mass is 10.3. The first kappa shape index (κ1) is 14.9. The third-order valence-corrected chi connectivity index (χ3v) is 3.39. The molecule has 6 nitrogen and oxygen atoms in total. The number of aromatic nitrogens is 1. The third kappa shape index (κ3) is 5.22. The zero-order valence-electron chi connectivity index (χ0n) is 12.2. The Labute approximate surface area is 120 Å². The number of nitrogens with zero attached hydrogens (tertiary/aromatic N) is 3. The Kier molecular flexibility index (Phi) is 5.88. The highest BCUT2D eigenvalue weighted by atomic mass is 16.5. The second kappa shape index (κ2) is 7.91. The Balaban J connectivity index is 1.58. The second-order valence-electron chi connectivity index (χ2n) is 5.12. The highest BCUT2D eigenvalue weighted by Gasteiger charge is 2.08. The normalized spacial score (nSPS) is 17.4. The van der Waals surface area contributed by atoms with E-state index in [0.29, 0.717) is 12.5 Å². The third-order valence-electron chi connectivity index (χ3n) is 3.39. The number of nitrogens with one attached hydrogen (secondary N) is 1. The number of ether oxygens (including phenoxy) is 1. The summed E-state index contributed by atoms with van der Waals surface area (Å²) in [6.45, 7) is 6.37. The van der Waals surface area contributed by atoms with Gasteiger partial charge >= 0.3 is 0 Å². The van der Waals surface area contributed by atoms with Crippen LogP contribution in [-0.2, 0) is 18.3 Å². The molecule has 1 aliphatic heterocycles. The van der Waals surface area contributed by atoms with Crippen LogP contribution in [0.3, 0.4) is 0 Å². The van der Waals surface area contributed by atoms with Gasteiger partial charge in [0.05, 0.1) is 19.8 Å². The van der Waals surface area contributed by atoms with Crippen LogP contribution < -0.4 is 11.1 Å². The van der Waals surface area contributed by atoms with Crippen molar-refractivity contribution in [1.82, 2.24) is 14.8 Å². The maximum absolute atomic E-state index is 5.85. The smallest absolute Gasteiger partial charge is 0.188 e. The number of hydrogen-bond acceptors (Lipinski definition) is 3. The van der Waals surface area contributed by atoms with E-state index in [1.54, 1.807) is 0 Å². The van der Waals surface area contributed by atoms with Gasteiger partial charge in [0.1, 0.15) is 0 Å². The van der Waals surface area contributed by atoms with Crippen LogP contribution in [0, 0.1) is 0 Å². The number of nitrogens with two attached hydrogens (primary N) is 1. The van der Waals surface area contributed by atoms with Crippen molar-refractivity contribution in [3.63, 3.8) is 0 Å². The van der Waals surface area contributed by atoms with E-state index in [-0.39, 0.29) is 0 Å². The van der Waals surface area contributed by atoms with Gasteiger partial charge in [-0.1, -0.05) is 0 Å². The first-order valence-corrected chi connectivity index (χ1v) is 7.19. The minimum absolute atomic E-state index is 0.524. The van der Waals surface area contributed by atoms with E-state index in [9.17, 15) is 0 Å². The monoisotopic (exact) mass is 279 g/mol. The standard InChI is InChI=1S/C14H25N5O/c1-18-6-3-13(12-18)11-17-14(15)16-4-2-5-19-7-9-20-10-8-19/h3,6,12H,2,4-5,7-11H2,1H3,(H3,15,16,17). The Hall–Kier alpha value is -1.53. The number of aryl methyl sites for hydroxylation is 1. The first-order chi connectivity index (χ1) is 9.74. The van der Waals surface area contributed by atoms with Crippen LogP contribution in [0.5, 0.6) is 0 Å². The molecule has 0 bridgehead atoms. The van der Waals surface area contributed by atoms with Gasteiger partial charge in [-0.3, -0.25) is 4.90 Å². The summed E-state index contributed by atoms with van der Waals surface area (Å²) in [4.78, 5) is 6.75. The van der Waals surface area contributed by atoms with E-state index in [2.05, 4.69) is 27.5 Å². The van der Waals surface area contributed by atoms with Crippen LogP contribution in [-0.4, -0.2) is 54.8 Å². The lowest BCUT2D eigenvalue weighted by molar-refractivity contribution is 0.0376. The zero-order chi connectivity index (χ0) is 14.2. The molecule has 0 amide bonds. The van der Waals surface area contributed by atoms with Crippen LogP contribution in [0.15, 0.2) is 23.5 Å². The molecule has 0 saturated carbocycles. The van der Waals surface area contributed by atoms with Crippen LogP contribution in [0.4, 0.5) is 0 Å². The van der Waals surface area contributed by atoms with Gasteiger partial charge in [0.15, 0.2) is 5.96 Å². The van der Waals surface area contributed by atoms with Crippen molar-refractivity contribution in [2.45, 2.75) is 13.0 Å². The average molecular weight is 279 g/mol. The molecule has 2 rings (SSSR count). The minimum Gasteiger partial charge on any atom is -0.379 e. The molecule has 1 aromatic heterocycles. The largest absolute Gasteiger partial charge is 0.379 e. The molecule has 2 heterocycles. The number of guanidine groups is 1. The lowest BCUT2D eigenvalue weighted by Crippen LogP contribution is -2.39. The van der Waals surface area contributed by atoms with Crippen LogP contribution in [0.1, 0.15) is 12.0 Å². The van der Waals surface area contributed by atoms with E-state index < -0.39 is 0 Å². The quantitative estimate of drug-likeness (QED) is 0.442. The second-order valence-corrected chi connectivity index (χ2v) is 5.12. The van der Waals surface area contributed by atoms with E-state index in [1.165, 1.54) is 5.56 Å². The molecular weight excluding hydrogens is 254 g/mol. The van der Waals surface area contributed by atoms with Crippen molar-refractivity contribution in [2.75, 3.05) is 39.4 Å². The van der Waals surface area contributed by atoms with E-state index in [4.69, 9.17) is 10.5 Å². The van der Waals surface area contributed by atoms with Crippen molar-refractivity contribution >= 4 is 5.96 Å². The van der Waals surface area contributed by atoms with Gasteiger partial charge < -0.3 is 20.4 Å². The maximum Gasteiger partial charge on any atom is 0.188 e. The molecule has 1 saturated heterocycles. The first-order valence-electron chi connectivity index (χ1n) is 7.19. The summed E-state index contributed by atoms with van der Waals surface area (Å²) < 4.78 is 7.33.